The molecule has 0 bridgehead atoms. The van der Waals surface area contributed by atoms with Crippen molar-refractivity contribution in [3.05, 3.63) is 34.0 Å². The van der Waals surface area contributed by atoms with Gasteiger partial charge in [0.1, 0.15) is 0 Å². The molecule has 0 unspecified atom stereocenters. The zero-order valence-corrected chi connectivity index (χ0v) is 10.0. The van der Waals surface area contributed by atoms with Crippen molar-refractivity contribution in [2.45, 2.75) is 12.2 Å². The zero-order valence-electron chi connectivity index (χ0n) is 8.41. The van der Waals surface area contributed by atoms with Crippen LogP contribution in [0, 0.1) is 0 Å². The van der Waals surface area contributed by atoms with Gasteiger partial charge in [0.15, 0.2) is 0 Å². The number of thioether (sulfide) groups is 1. The maximum atomic E-state index is 11.7. The average Bonchev–Trinajstić information content (AvgIpc) is 2.69. The van der Waals surface area contributed by atoms with Gasteiger partial charge in [0.2, 0.25) is 0 Å². The Labute approximate surface area is 97.8 Å². The monoisotopic (exact) mass is 239 g/mol. The molecule has 0 aromatic carbocycles. The third-order valence-corrected chi connectivity index (χ3v) is 4.50. The first-order valence-electron chi connectivity index (χ1n) is 4.89. The van der Waals surface area contributed by atoms with Gasteiger partial charge in [-0.05, 0) is 23.8 Å². The fourth-order valence-corrected chi connectivity index (χ4v) is 3.80. The average molecular weight is 239 g/mol. The van der Waals surface area contributed by atoms with Crippen LogP contribution < -0.4 is 5.32 Å². The van der Waals surface area contributed by atoms with E-state index in [-0.39, 0.29) is 5.91 Å². The maximum absolute atomic E-state index is 11.7. The number of hydrogen-bond acceptors (Lipinski definition) is 3. The van der Waals surface area contributed by atoms with E-state index in [1.807, 2.05) is 17.8 Å². The third kappa shape index (κ3) is 2.44. The summed E-state index contributed by atoms with van der Waals surface area (Å²) in [6.07, 6.45) is 2.81. The lowest BCUT2D eigenvalue weighted by molar-refractivity contribution is 0.0962. The smallest absolute Gasteiger partial charge is 0.261 e. The standard InChI is InChI=1S/C11H13NOS2/c1-2-4-12-11(13)10-6-8-7-14-5-3-9(8)15-10/h2,6H,1,3-5,7H2,(H,12,13). The maximum Gasteiger partial charge on any atom is 0.261 e. The largest absolute Gasteiger partial charge is 0.348 e. The lowest BCUT2D eigenvalue weighted by atomic mass is 10.2. The summed E-state index contributed by atoms with van der Waals surface area (Å²) in [4.78, 5) is 13.9. The predicted molar refractivity (Wildman–Crippen MR) is 66.7 cm³/mol. The van der Waals surface area contributed by atoms with Gasteiger partial charge < -0.3 is 5.32 Å². The highest BCUT2D eigenvalue weighted by Crippen LogP contribution is 2.31. The van der Waals surface area contributed by atoms with Crippen molar-refractivity contribution in [1.29, 1.82) is 0 Å². The van der Waals surface area contributed by atoms with Crippen molar-refractivity contribution in [3.8, 4) is 0 Å². The topological polar surface area (TPSA) is 29.1 Å². The molecule has 2 heterocycles. The Morgan fingerprint density at radius 1 is 1.67 bits per heavy atom. The van der Waals surface area contributed by atoms with Gasteiger partial charge in [-0.3, -0.25) is 4.79 Å². The molecule has 1 aliphatic heterocycles. The number of carbonyl (C=O) groups is 1. The molecular formula is C11H13NOS2. The summed E-state index contributed by atoms with van der Waals surface area (Å²) in [6.45, 7) is 4.11. The van der Waals surface area contributed by atoms with Crippen molar-refractivity contribution in [1.82, 2.24) is 5.32 Å². The van der Waals surface area contributed by atoms with Crippen LogP contribution >= 0.6 is 23.1 Å². The molecular weight excluding hydrogens is 226 g/mol. The van der Waals surface area contributed by atoms with Crippen molar-refractivity contribution in [2.75, 3.05) is 12.3 Å². The second-order valence-electron chi connectivity index (χ2n) is 3.36. The summed E-state index contributed by atoms with van der Waals surface area (Å²) in [7, 11) is 0. The Morgan fingerprint density at radius 3 is 3.27 bits per heavy atom. The molecule has 0 fully saturated rings. The highest BCUT2D eigenvalue weighted by Gasteiger charge is 2.16. The van der Waals surface area contributed by atoms with Gasteiger partial charge in [0, 0.05) is 17.2 Å². The van der Waals surface area contributed by atoms with Gasteiger partial charge in [-0.1, -0.05) is 6.08 Å². The Kier molecular flexibility index (Phi) is 3.49. The van der Waals surface area contributed by atoms with Crippen LogP contribution in [-0.2, 0) is 12.2 Å². The van der Waals surface area contributed by atoms with Crippen LogP contribution in [0.25, 0.3) is 0 Å². The summed E-state index contributed by atoms with van der Waals surface area (Å²) in [5.74, 6) is 2.27. The number of amides is 1. The van der Waals surface area contributed by atoms with Crippen molar-refractivity contribution >= 4 is 29.0 Å². The summed E-state index contributed by atoms with van der Waals surface area (Å²) >= 11 is 3.57. The molecule has 1 aliphatic rings. The van der Waals surface area contributed by atoms with E-state index in [0.717, 1.165) is 17.1 Å². The number of fused-ring (bicyclic) bond motifs is 1. The molecule has 15 heavy (non-hydrogen) atoms. The number of rotatable bonds is 3. The van der Waals surface area contributed by atoms with E-state index in [1.54, 1.807) is 17.4 Å². The summed E-state index contributed by atoms with van der Waals surface area (Å²) in [6, 6.07) is 2.03. The first-order valence-corrected chi connectivity index (χ1v) is 6.87. The second kappa shape index (κ2) is 4.86. The van der Waals surface area contributed by atoms with E-state index >= 15 is 0 Å². The highest BCUT2D eigenvalue weighted by molar-refractivity contribution is 7.98. The van der Waals surface area contributed by atoms with Crippen LogP contribution in [0.5, 0.6) is 0 Å². The molecule has 1 N–H and O–H groups in total. The zero-order chi connectivity index (χ0) is 10.7. The number of hydrogen-bond donors (Lipinski definition) is 1. The predicted octanol–water partition coefficient (Wildman–Crippen LogP) is 2.45. The molecule has 1 amide bonds. The van der Waals surface area contributed by atoms with E-state index in [1.165, 1.54) is 16.2 Å². The van der Waals surface area contributed by atoms with Crippen LogP contribution in [0.15, 0.2) is 18.7 Å². The van der Waals surface area contributed by atoms with Gasteiger partial charge in [-0.15, -0.1) is 17.9 Å². The molecule has 2 rings (SSSR count). The molecule has 80 valence electrons. The molecule has 0 saturated carbocycles. The summed E-state index contributed by atoms with van der Waals surface area (Å²) in [5.41, 5.74) is 1.35. The number of thiophene rings is 1. The fourth-order valence-electron chi connectivity index (χ4n) is 1.51. The van der Waals surface area contributed by atoms with Crippen molar-refractivity contribution < 1.29 is 4.79 Å². The van der Waals surface area contributed by atoms with Crippen molar-refractivity contribution in [3.63, 3.8) is 0 Å². The molecule has 2 nitrogen and oxygen atoms in total. The summed E-state index contributed by atoms with van der Waals surface area (Å²) < 4.78 is 0. The van der Waals surface area contributed by atoms with Gasteiger partial charge >= 0.3 is 0 Å². The molecule has 4 heteroatoms. The van der Waals surface area contributed by atoms with Gasteiger partial charge in [-0.25, -0.2) is 0 Å². The second-order valence-corrected chi connectivity index (χ2v) is 5.60. The Bertz CT molecular complexity index is 360. The van der Waals surface area contributed by atoms with E-state index in [0.29, 0.717) is 6.54 Å². The van der Waals surface area contributed by atoms with Crippen LogP contribution in [0.4, 0.5) is 0 Å². The third-order valence-electron chi connectivity index (χ3n) is 2.26. The van der Waals surface area contributed by atoms with Gasteiger partial charge in [-0.2, -0.15) is 11.8 Å². The molecule has 1 aromatic rings. The van der Waals surface area contributed by atoms with Gasteiger partial charge in [0.05, 0.1) is 4.88 Å². The number of carbonyl (C=O) groups excluding carboxylic acids is 1. The van der Waals surface area contributed by atoms with Crippen LogP contribution in [0.3, 0.4) is 0 Å². The summed E-state index contributed by atoms with van der Waals surface area (Å²) in [5, 5.41) is 2.80. The molecule has 0 aliphatic carbocycles. The minimum absolute atomic E-state index is 0.0271. The quantitative estimate of drug-likeness (QED) is 0.821. The number of nitrogens with one attached hydrogen (secondary N) is 1. The van der Waals surface area contributed by atoms with Crippen LogP contribution in [-0.4, -0.2) is 18.2 Å². The van der Waals surface area contributed by atoms with Gasteiger partial charge in [0.25, 0.3) is 5.91 Å². The molecule has 0 spiro atoms. The Morgan fingerprint density at radius 2 is 2.53 bits per heavy atom. The number of aryl methyl sites for hydroxylation is 1. The molecule has 1 aromatic heterocycles. The first-order chi connectivity index (χ1) is 7.31. The van der Waals surface area contributed by atoms with Crippen LogP contribution in [0.2, 0.25) is 0 Å². The highest BCUT2D eigenvalue weighted by atomic mass is 32.2. The van der Waals surface area contributed by atoms with Crippen molar-refractivity contribution in [2.24, 2.45) is 0 Å². The Hall–Kier alpha value is -0.740. The normalized spacial score (nSPS) is 14.4. The first kappa shape index (κ1) is 10.8. The molecule has 0 atom stereocenters. The molecule has 0 radical (unpaired) electrons. The lowest BCUT2D eigenvalue weighted by Gasteiger charge is -2.08. The van der Waals surface area contributed by atoms with E-state index in [9.17, 15) is 4.79 Å². The minimum Gasteiger partial charge on any atom is -0.348 e. The fraction of sp³-hybridized carbons (Fsp3) is 0.364. The van der Waals surface area contributed by atoms with E-state index < -0.39 is 0 Å². The SMILES string of the molecule is C=CCNC(=O)c1cc2c(s1)CCSC2. The lowest BCUT2D eigenvalue weighted by Crippen LogP contribution is -2.22. The van der Waals surface area contributed by atoms with Crippen LogP contribution in [0.1, 0.15) is 20.1 Å². The van der Waals surface area contributed by atoms with E-state index in [2.05, 4.69) is 11.9 Å². The molecule has 0 saturated heterocycles. The van der Waals surface area contributed by atoms with E-state index in [4.69, 9.17) is 0 Å². The Balaban J connectivity index is 2.11. The minimum atomic E-state index is 0.0271.